The van der Waals surface area contributed by atoms with E-state index in [0.29, 0.717) is 0 Å². The predicted octanol–water partition coefficient (Wildman–Crippen LogP) is 3.11. The summed E-state index contributed by atoms with van der Waals surface area (Å²) in [5.41, 5.74) is 0. The van der Waals surface area contributed by atoms with E-state index in [-0.39, 0.29) is 5.82 Å². The molecular weight excluding hydrogens is 382 g/mol. The van der Waals surface area contributed by atoms with Gasteiger partial charge in [0.25, 0.3) is 0 Å². The van der Waals surface area contributed by atoms with Gasteiger partial charge in [-0.1, -0.05) is 0 Å². The second-order valence-corrected chi connectivity index (χ2v) is 1.14. The molecule has 0 aliphatic heterocycles. The zero-order valence-corrected chi connectivity index (χ0v) is 14.9. The van der Waals surface area contributed by atoms with Crippen molar-refractivity contribution in [2.75, 3.05) is 0 Å². The molecule has 1 aromatic rings. The summed E-state index contributed by atoms with van der Waals surface area (Å²) in [6, 6.07) is 9.21. The van der Waals surface area contributed by atoms with Gasteiger partial charge in [-0.3, -0.25) is 24.3 Å². The van der Waals surface area contributed by atoms with Crippen molar-refractivity contribution in [3.05, 3.63) is 36.1 Å². The van der Waals surface area contributed by atoms with Crippen LogP contribution >= 0.6 is 27.2 Å². The fourth-order valence-electron chi connectivity index (χ4n) is 0.332. The molecule has 0 unspecified atom stereocenters. The molecule has 1 aromatic carbocycles. The van der Waals surface area contributed by atoms with Gasteiger partial charge in [-0.25, -0.2) is 0 Å². The molecule has 0 saturated carbocycles. The van der Waals surface area contributed by atoms with Crippen molar-refractivity contribution >= 4 is 27.2 Å². The summed E-state index contributed by atoms with van der Waals surface area (Å²) < 4.78 is 11.8. The quantitative estimate of drug-likeness (QED) is 0.476. The van der Waals surface area contributed by atoms with Gasteiger partial charge in [-0.05, 0) is 0 Å². The summed E-state index contributed by atoms with van der Waals surface area (Å²) in [5.74, 6) is -0.359. The molecule has 0 bridgehead atoms. The Kier molecular flexibility index (Phi) is 18.8. The Labute approximate surface area is 99.4 Å². The summed E-state index contributed by atoms with van der Waals surface area (Å²) in [6.45, 7) is 0. The molecular formula is C6H3Br2FZn2. The van der Waals surface area contributed by atoms with Gasteiger partial charge in [0.2, 0.25) is 0 Å². The Morgan fingerprint density at radius 2 is 1.73 bits per heavy atom. The minimum absolute atomic E-state index is 0.359. The monoisotopic (exact) mass is 380 g/mol. The summed E-state index contributed by atoms with van der Waals surface area (Å²) >= 11 is 8.50. The molecule has 0 fully saturated rings. The normalized spacial score (nSPS) is 6.82. The van der Waals surface area contributed by atoms with Gasteiger partial charge in [0, 0.05) is 0 Å². The average molecular weight is 385 g/mol. The predicted molar refractivity (Wildman–Crippen MR) is 41.9 cm³/mol. The van der Waals surface area contributed by atoms with E-state index in [1.54, 1.807) is 6.07 Å². The molecule has 11 heavy (non-hydrogen) atoms. The molecule has 0 N–H and O–H groups in total. The van der Waals surface area contributed by atoms with Crippen molar-refractivity contribution in [3.8, 4) is 0 Å². The van der Waals surface area contributed by atoms with E-state index in [1.807, 2.05) is 0 Å². The second-order valence-electron chi connectivity index (χ2n) is 1.14. The third kappa shape index (κ3) is 11.4. The fraction of sp³-hybridized carbons (Fsp3) is 0. The van der Waals surface area contributed by atoms with Crippen LogP contribution in [-0.4, -0.2) is 0 Å². The van der Waals surface area contributed by atoms with Crippen LogP contribution in [0.2, 0.25) is 0 Å². The van der Waals surface area contributed by atoms with Crippen LogP contribution in [0.1, 0.15) is 0 Å². The van der Waals surface area contributed by atoms with E-state index in [9.17, 15) is 4.39 Å². The van der Waals surface area contributed by atoms with Crippen LogP contribution in [0, 0.1) is 17.9 Å². The summed E-state index contributed by atoms with van der Waals surface area (Å²) in [5, 5.41) is 0. The molecule has 0 aliphatic rings. The second kappa shape index (κ2) is 13.9. The third-order valence-electron chi connectivity index (χ3n) is 0.611. The van der Waals surface area contributed by atoms with Crippen molar-refractivity contribution < 1.29 is 37.1 Å². The molecule has 52 valence electrons. The maximum absolute atomic E-state index is 11.8. The van der Waals surface area contributed by atoms with Crippen LogP contribution in [0.15, 0.2) is 18.2 Å². The van der Waals surface area contributed by atoms with Crippen molar-refractivity contribution in [1.29, 1.82) is 0 Å². The van der Waals surface area contributed by atoms with Crippen LogP contribution in [0.25, 0.3) is 0 Å². The Morgan fingerprint density at radius 3 is 1.91 bits per heavy atom. The van der Waals surface area contributed by atoms with Crippen molar-refractivity contribution in [2.45, 2.75) is 0 Å². The topological polar surface area (TPSA) is 0 Å². The van der Waals surface area contributed by atoms with E-state index >= 15 is 0 Å². The maximum atomic E-state index is 11.8. The molecule has 0 aliphatic carbocycles. The average Bonchev–Trinajstić information content (AvgIpc) is 2.13. The molecule has 5 heteroatoms. The van der Waals surface area contributed by atoms with E-state index in [1.165, 1.54) is 44.8 Å². The first-order valence-electron chi connectivity index (χ1n) is 2.46. The molecule has 0 spiro atoms. The van der Waals surface area contributed by atoms with Crippen LogP contribution in [-0.2, 0) is 32.7 Å². The minimum atomic E-state index is -0.359. The zero-order valence-electron chi connectivity index (χ0n) is 5.78. The van der Waals surface area contributed by atoms with E-state index < -0.39 is 0 Å². The molecule has 0 heterocycles. The number of halogens is 3. The van der Waals surface area contributed by atoms with Crippen LogP contribution in [0.3, 0.4) is 0 Å². The van der Waals surface area contributed by atoms with E-state index in [4.69, 9.17) is 0 Å². The summed E-state index contributed by atoms with van der Waals surface area (Å²) in [4.78, 5) is 0. The number of hydrogen-bond donors (Lipinski definition) is 0. The molecule has 0 radical (unpaired) electrons. The van der Waals surface area contributed by atoms with Gasteiger partial charge in [0.1, 0.15) is 0 Å². The van der Waals surface area contributed by atoms with Crippen molar-refractivity contribution in [2.24, 2.45) is 0 Å². The fourth-order valence-corrected chi connectivity index (χ4v) is 0.332. The SMILES string of the molecule is Fc1[c-]cc[c-]c1.[Zn+][Br].[Zn+][Br]. The summed E-state index contributed by atoms with van der Waals surface area (Å²) in [7, 11) is 0. The molecule has 0 aromatic heterocycles. The zero-order chi connectivity index (χ0) is 9.11. The number of rotatable bonds is 0. The first kappa shape index (κ1) is 14.9. The summed E-state index contributed by atoms with van der Waals surface area (Å²) in [6.07, 6.45) is 0. The molecule has 0 nitrogen and oxygen atoms in total. The van der Waals surface area contributed by atoms with Gasteiger partial charge in [0.15, 0.2) is 0 Å². The van der Waals surface area contributed by atoms with E-state index in [0.717, 1.165) is 0 Å². The van der Waals surface area contributed by atoms with Crippen LogP contribution in [0.4, 0.5) is 4.39 Å². The standard InChI is InChI=1S/C6H3F.2BrH.2Zn/c7-6-4-2-1-3-5-6;;;;/h1-2,5H;2*1H;;/q-2;;;2*+2/p-2. The third-order valence-corrected chi connectivity index (χ3v) is 0.611. The number of benzene rings is 1. The molecule has 0 atom stereocenters. The molecule has 1 rings (SSSR count). The Bertz CT molecular complexity index is 149. The van der Waals surface area contributed by atoms with Gasteiger partial charge in [0.05, 0.1) is 0 Å². The van der Waals surface area contributed by atoms with Crippen LogP contribution in [0.5, 0.6) is 0 Å². The van der Waals surface area contributed by atoms with Gasteiger partial charge in [-0.15, -0.1) is 5.82 Å². The molecule has 0 amide bonds. The van der Waals surface area contributed by atoms with Gasteiger partial charge < -0.3 is 10.5 Å². The Morgan fingerprint density at radius 1 is 1.18 bits per heavy atom. The van der Waals surface area contributed by atoms with Crippen LogP contribution < -0.4 is 0 Å². The number of hydrogen-bond acceptors (Lipinski definition) is 0. The first-order valence-corrected chi connectivity index (χ1v) is 16.4. The first-order chi connectivity index (χ1) is 5.39. The Hall–Kier alpha value is 1.36. The van der Waals surface area contributed by atoms with Crippen molar-refractivity contribution in [3.63, 3.8) is 0 Å². The van der Waals surface area contributed by atoms with E-state index in [2.05, 4.69) is 39.4 Å². The van der Waals surface area contributed by atoms with Crippen molar-refractivity contribution in [1.82, 2.24) is 0 Å². The van der Waals surface area contributed by atoms with Gasteiger partial charge >= 0.3 is 59.9 Å². The van der Waals surface area contributed by atoms with Gasteiger partial charge in [-0.2, -0.15) is 0 Å². The Balaban J connectivity index is 0. The molecule has 0 saturated heterocycles.